The van der Waals surface area contributed by atoms with E-state index in [0.29, 0.717) is 6.42 Å². The Balaban J connectivity index is 2.20. The molecule has 0 aliphatic carbocycles. The molecule has 10 heteroatoms. The number of hydrogen-bond acceptors (Lipinski definition) is 5. The Kier molecular flexibility index (Phi) is 4.76. The zero-order chi connectivity index (χ0) is 17.4. The lowest BCUT2D eigenvalue weighted by molar-refractivity contribution is 0.0790. The molecule has 1 unspecified atom stereocenters. The second-order valence-corrected chi connectivity index (χ2v) is 7.84. The van der Waals surface area contributed by atoms with E-state index in [2.05, 4.69) is 9.71 Å². The minimum Gasteiger partial charge on any atom is -0.337 e. The number of H-pyrrole nitrogens is 1. The van der Waals surface area contributed by atoms with Crippen LogP contribution in [0.3, 0.4) is 0 Å². The predicted octanol–water partition coefficient (Wildman–Crippen LogP) is -1.38. The van der Waals surface area contributed by atoms with E-state index in [1.54, 1.807) is 13.8 Å². The number of aromatic nitrogens is 2. The molecule has 0 aromatic carbocycles. The smallest absolute Gasteiger partial charge is 0.328 e. The molecule has 23 heavy (non-hydrogen) atoms. The number of nitrogens with one attached hydrogen (secondary N) is 2. The van der Waals surface area contributed by atoms with Gasteiger partial charge in [-0.1, -0.05) is 0 Å². The summed E-state index contributed by atoms with van der Waals surface area (Å²) in [6.07, 6.45) is 1.37. The van der Waals surface area contributed by atoms with Gasteiger partial charge < -0.3 is 9.88 Å². The maximum atomic E-state index is 12.4. The first-order chi connectivity index (χ1) is 10.6. The monoisotopic (exact) mass is 344 g/mol. The molecule has 0 bridgehead atoms. The van der Waals surface area contributed by atoms with Crippen LogP contribution in [-0.2, 0) is 17.1 Å². The van der Waals surface area contributed by atoms with Crippen LogP contribution in [0.4, 0.5) is 0 Å². The van der Waals surface area contributed by atoms with Crippen LogP contribution in [0.5, 0.6) is 0 Å². The molecule has 0 saturated carbocycles. The van der Waals surface area contributed by atoms with Gasteiger partial charge in [0.2, 0.25) is 10.0 Å². The predicted molar refractivity (Wildman–Crippen MR) is 83.8 cm³/mol. The van der Waals surface area contributed by atoms with Gasteiger partial charge in [0.1, 0.15) is 5.56 Å². The highest BCUT2D eigenvalue weighted by atomic mass is 32.2. The molecule has 1 amide bonds. The van der Waals surface area contributed by atoms with E-state index in [0.717, 1.165) is 10.8 Å². The van der Waals surface area contributed by atoms with Crippen molar-refractivity contribution in [2.24, 2.45) is 7.05 Å². The minimum atomic E-state index is -3.52. The fourth-order valence-corrected chi connectivity index (χ4v) is 4.12. The third kappa shape index (κ3) is 3.53. The molecular formula is C13H20N4O5S. The molecule has 2 heterocycles. The first kappa shape index (κ1) is 17.4. The first-order valence-electron chi connectivity index (χ1n) is 7.22. The van der Waals surface area contributed by atoms with Gasteiger partial charge in [-0.3, -0.25) is 14.2 Å². The molecule has 1 aromatic rings. The third-order valence-electron chi connectivity index (χ3n) is 3.68. The molecule has 0 spiro atoms. The molecule has 2 rings (SSSR count). The number of carbonyl (C=O) groups is 1. The van der Waals surface area contributed by atoms with Crippen LogP contribution in [0.1, 0.15) is 30.6 Å². The second kappa shape index (κ2) is 6.28. The van der Waals surface area contributed by atoms with E-state index in [-0.39, 0.29) is 24.7 Å². The number of rotatable bonds is 4. The average molecular weight is 344 g/mol. The van der Waals surface area contributed by atoms with Crippen molar-refractivity contribution in [3.05, 3.63) is 32.6 Å². The van der Waals surface area contributed by atoms with Crippen LogP contribution >= 0.6 is 0 Å². The molecule has 1 fully saturated rings. The van der Waals surface area contributed by atoms with E-state index >= 15 is 0 Å². The number of amides is 1. The molecule has 2 N–H and O–H groups in total. The van der Waals surface area contributed by atoms with Crippen molar-refractivity contribution >= 4 is 15.9 Å². The number of hydrogen-bond donors (Lipinski definition) is 2. The highest BCUT2D eigenvalue weighted by Gasteiger charge is 2.36. The number of likely N-dealkylation sites (tertiary alicyclic amines) is 1. The zero-order valence-electron chi connectivity index (χ0n) is 13.2. The maximum absolute atomic E-state index is 12.4. The molecule has 9 nitrogen and oxygen atoms in total. The van der Waals surface area contributed by atoms with Gasteiger partial charge in [-0.15, -0.1) is 0 Å². The number of sulfonamides is 1. The second-order valence-electron chi connectivity index (χ2n) is 5.85. The summed E-state index contributed by atoms with van der Waals surface area (Å²) in [6, 6.07) is -0.226. The molecule has 1 aliphatic heterocycles. The Morgan fingerprint density at radius 1 is 1.39 bits per heavy atom. The largest absolute Gasteiger partial charge is 0.337 e. The number of carbonyl (C=O) groups excluding carboxylic acids is 1. The van der Waals surface area contributed by atoms with Gasteiger partial charge in [0.15, 0.2) is 0 Å². The van der Waals surface area contributed by atoms with Gasteiger partial charge in [0, 0.05) is 32.4 Å². The summed E-state index contributed by atoms with van der Waals surface area (Å²) in [5, 5.41) is -0.708. The van der Waals surface area contributed by atoms with Crippen molar-refractivity contribution in [3.63, 3.8) is 0 Å². The van der Waals surface area contributed by atoms with Gasteiger partial charge >= 0.3 is 5.69 Å². The molecule has 1 aliphatic rings. The van der Waals surface area contributed by atoms with Crippen LogP contribution in [0, 0.1) is 0 Å². The summed E-state index contributed by atoms with van der Waals surface area (Å²) in [4.78, 5) is 39.3. The Morgan fingerprint density at radius 3 is 2.65 bits per heavy atom. The highest BCUT2D eigenvalue weighted by Crippen LogP contribution is 2.18. The Hall–Kier alpha value is -1.94. The topological polar surface area (TPSA) is 121 Å². The summed E-state index contributed by atoms with van der Waals surface area (Å²) in [6.45, 7) is 3.70. The normalized spacial score (nSPS) is 18.6. The lowest BCUT2D eigenvalue weighted by Gasteiger charge is -2.17. The lowest BCUT2D eigenvalue weighted by atomic mass is 10.3. The fraction of sp³-hybridized carbons (Fsp3) is 0.615. The molecular weight excluding hydrogens is 324 g/mol. The average Bonchev–Trinajstić information content (AvgIpc) is 2.93. The first-order valence-corrected chi connectivity index (χ1v) is 8.77. The van der Waals surface area contributed by atoms with E-state index in [9.17, 15) is 22.8 Å². The summed E-state index contributed by atoms with van der Waals surface area (Å²) in [7, 11) is -2.25. The van der Waals surface area contributed by atoms with Crippen LogP contribution in [0.15, 0.2) is 15.8 Å². The van der Waals surface area contributed by atoms with Crippen molar-refractivity contribution in [3.8, 4) is 0 Å². The molecule has 1 saturated heterocycles. The number of nitrogens with zero attached hydrogens (tertiary/aromatic N) is 2. The SMILES string of the molecule is CC(C)NS(=O)(=O)C1CCN(C(=O)c2c[nH]c(=O)n(C)c2=O)C1. The van der Waals surface area contributed by atoms with Crippen LogP contribution < -0.4 is 16.0 Å². The molecule has 1 atom stereocenters. The van der Waals surface area contributed by atoms with Gasteiger partial charge in [-0.05, 0) is 20.3 Å². The minimum absolute atomic E-state index is 0.0170. The standard InChI is InChI=1S/C13H20N4O5S/c1-8(2)15-23(21,22)9-4-5-17(7-9)12(19)10-6-14-13(20)16(3)11(10)18/h6,8-9,15H,4-5,7H2,1-3H3,(H,14,20). The summed E-state index contributed by atoms with van der Waals surface area (Å²) >= 11 is 0. The van der Waals surface area contributed by atoms with E-state index < -0.39 is 32.4 Å². The van der Waals surface area contributed by atoms with Crippen molar-refractivity contribution in [2.75, 3.05) is 13.1 Å². The Bertz CT molecular complexity index is 824. The summed E-state index contributed by atoms with van der Waals surface area (Å²) in [5.74, 6) is -0.580. The van der Waals surface area contributed by atoms with E-state index in [1.165, 1.54) is 11.9 Å². The summed E-state index contributed by atoms with van der Waals surface area (Å²) < 4.78 is 27.6. The Morgan fingerprint density at radius 2 is 2.04 bits per heavy atom. The van der Waals surface area contributed by atoms with Crippen molar-refractivity contribution in [1.82, 2.24) is 19.2 Å². The van der Waals surface area contributed by atoms with Crippen molar-refractivity contribution in [1.29, 1.82) is 0 Å². The third-order valence-corrected chi connectivity index (χ3v) is 5.74. The van der Waals surface area contributed by atoms with Crippen LogP contribution in [0.2, 0.25) is 0 Å². The van der Waals surface area contributed by atoms with E-state index in [4.69, 9.17) is 0 Å². The maximum Gasteiger partial charge on any atom is 0.328 e. The summed E-state index contributed by atoms with van der Waals surface area (Å²) in [5.41, 5.74) is -1.50. The Labute approximate surface area is 133 Å². The number of aromatic amines is 1. The van der Waals surface area contributed by atoms with Gasteiger partial charge in [-0.2, -0.15) is 0 Å². The zero-order valence-corrected chi connectivity index (χ0v) is 14.0. The van der Waals surface area contributed by atoms with Gasteiger partial charge in [-0.25, -0.2) is 17.9 Å². The van der Waals surface area contributed by atoms with Gasteiger partial charge in [0.05, 0.1) is 5.25 Å². The van der Waals surface area contributed by atoms with Gasteiger partial charge in [0.25, 0.3) is 11.5 Å². The van der Waals surface area contributed by atoms with Crippen molar-refractivity contribution < 1.29 is 13.2 Å². The van der Waals surface area contributed by atoms with Crippen LogP contribution in [-0.4, -0.2) is 53.2 Å². The van der Waals surface area contributed by atoms with Crippen molar-refractivity contribution in [2.45, 2.75) is 31.6 Å². The van der Waals surface area contributed by atoms with E-state index in [1.807, 2.05) is 0 Å². The quantitative estimate of drug-likeness (QED) is 0.697. The molecule has 0 radical (unpaired) electrons. The molecule has 128 valence electrons. The molecule has 1 aromatic heterocycles. The van der Waals surface area contributed by atoms with Crippen LogP contribution in [0.25, 0.3) is 0 Å². The fourth-order valence-electron chi connectivity index (χ4n) is 2.48. The lowest BCUT2D eigenvalue weighted by Crippen LogP contribution is -2.42. The highest BCUT2D eigenvalue weighted by molar-refractivity contribution is 7.90.